The summed E-state index contributed by atoms with van der Waals surface area (Å²) in [6, 6.07) is 8.01. The smallest absolute Gasteiger partial charge is 0.0724 e. The summed E-state index contributed by atoms with van der Waals surface area (Å²) in [5.74, 6) is 0. The van der Waals surface area contributed by atoms with Gasteiger partial charge in [-0.15, -0.1) is 0 Å². The van der Waals surface area contributed by atoms with E-state index in [0.717, 1.165) is 16.8 Å². The number of hydrogen-bond acceptors (Lipinski definition) is 3. The molecule has 0 aliphatic rings. The van der Waals surface area contributed by atoms with E-state index in [9.17, 15) is 0 Å². The maximum atomic E-state index is 5.93. The number of hydrogen-bond donors (Lipinski definition) is 1. The van der Waals surface area contributed by atoms with E-state index in [0.29, 0.717) is 6.61 Å². The SMILES string of the molecule is COCC(C)n1cc(-c2ccccc2N)cn1. The zero-order valence-corrected chi connectivity index (χ0v) is 10.1. The van der Waals surface area contributed by atoms with Gasteiger partial charge in [0.05, 0.1) is 18.8 Å². The molecule has 0 aliphatic heterocycles. The molecular formula is C13H17N3O. The highest BCUT2D eigenvalue weighted by Crippen LogP contribution is 2.25. The molecule has 4 nitrogen and oxygen atoms in total. The van der Waals surface area contributed by atoms with Crippen LogP contribution in [0.4, 0.5) is 5.69 Å². The quantitative estimate of drug-likeness (QED) is 0.822. The second-order valence-corrected chi connectivity index (χ2v) is 4.10. The number of para-hydroxylation sites is 1. The van der Waals surface area contributed by atoms with Gasteiger partial charge in [0, 0.05) is 30.1 Å². The van der Waals surface area contributed by atoms with Crippen LogP contribution >= 0.6 is 0 Å². The van der Waals surface area contributed by atoms with Crippen LogP contribution in [0, 0.1) is 0 Å². The van der Waals surface area contributed by atoms with E-state index in [1.165, 1.54) is 0 Å². The number of anilines is 1. The zero-order chi connectivity index (χ0) is 12.3. The fourth-order valence-electron chi connectivity index (χ4n) is 1.80. The van der Waals surface area contributed by atoms with Crippen LogP contribution in [0.3, 0.4) is 0 Å². The molecule has 0 saturated carbocycles. The van der Waals surface area contributed by atoms with Crippen molar-refractivity contribution < 1.29 is 4.74 Å². The van der Waals surface area contributed by atoms with Crippen molar-refractivity contribution in [3.63, 3.8) is 0 Å². The van der Waals surface area contributed by atoms with Crippen molar-refractivity contribution in [2.24, 2.45) is 0 Å². The summed E-state index contributed by atoms with van der Waals surface area (Å²) in [6.45, 7) is 2.71. The first-order valence-electron chi connectivity index (χ1n) is 5.60. The van der Waals surface area contributed by atoms with E-state index in [4.69, 9.17) is 10.5 Å². The molecule has 0 bridgehead atoms. The number of nitrogen functional groups attached to an aromatic ring is 1. The number of ether oxygens (including phenoxy) is 1. The largest absolute Gasteiger partial charge is 0.398 e. The van der Waals surface area contributed by atoms with Gasteiger partial charge in [-0.05, 0) is 13.0 Å². The van der Waals surface area contributed by atoms with Crippen LogP contribution in [0.15, 0.2) is 36.7 Å². The normalized spacial score (nSPS) is 12.6. The van der Waals surface area contributed by atoms with Crippen molar-refractivity contribution in [2.45, 2.75) is 13.0 Å². The van der Waals surface area contributed by atoms with E-state index in [2.05, 4.69) is 12.0 Å². The Bertz CT molecular complexity index is 493. The fourth-order valence-corrected chi connectivity index (χ4v) is 1.80. The molecule has 0 spiro atoms. The molecule has 0 saturated heterocycles. The minimum atomic E-state index is 0.221. The van der Waals surface area contributed by atoms with E-state index < -0.39 is 0 Å². The lowest BCUT2D eigenvalue weighted by Gasteiger charge is -2.10. The number of aromatic nitrogens is 2. The zero-order valence-electron chi connectivity index (χ0n) is 10.1. The molecule has 1 unspecified atom stereocenters. The Morgan fingerprint density at radius 1 is 1.41 bits per heavy atom. The summed E-state index contributed by atoms with van der Waals surface area (Å²) in [7, 11) is 1.69. The van der Waals surface area contributed by atoms with Gasteiger partial charge in [-0.25, -0.2) is 0 Å². The molecule has 2 N–H and O–H groups in total. The van der Waals surface area contributed by atoms with Gasteiger partial charge in [-0.3, -0.25) is 4.68 Å². The summed E-state index contributed by atoms with van der Waals surface area (Å²) >= 11 is 0. The Kier molecular flexibility index (Phi) is 3.44. The van der Waals surface area contributed by atoms with Crippen LogP contribution in [0.5, 0.6) is 0 Å². The van der Waals surface area contributed by atoms with Crippen LogP contribution in [0.25, 0.3) is 11.1 Å². The average molecular weight is 231 g/mol. The lowest BCUT2D eigenvalue weighted by molar-refractivity contribution is 0.157. The van der Waals surface area contributed by atoms with Gasteiger partial charge in [0.2, 0.25) is 0 Å². The summed E-state index contributed by atoms with van der Waals surface area (Å²) in [4.78, 5) is 0. The monoisotopic (exact) mass is 231 g/mol. The highest BCUT2D eigenvalue weighted by atomic mass is 16.5. The lowest BCUT2D eigenvalue weighted by Crippen LogP contribution is -2.11. The molecule has 0 amide bonds. The van der Waals surface area contributed by atoms with Crippen LogP contribution in [-0.2, 0) is 4.74 Å². The molecular weight excluding hydrogens is 214 g/mol. The Labute approximate surface area is 101 Å². The van der Waals surface area contributed by atoms with Crippen LogP contribution in [0.2, 0.25) is 0 Å². The minimum Gasteiger partial charge on any atom is -0.398 e. The molecule has 0 aliphatic carbocycles. The summed E-state index contributed by atoms with van der Waals surface area (Å²) in [5, 5.41) is 4.33. The van der Waals surface area contributed by atoms with E-state index in [-0.39, 0.29) is 6.04 Å². The standard InChI is InChI=1S/C13H17N3O/c1-10(9-17-2)16-8-11(7-15-16)12-5-3-4-6-13(12)14/h3-8,10H,9,14H2,1-2H3. The fraction of sp³-hybridized carbons (Fsp3) is 0.308. The highest BCUT2D eigenvalue weighted by Gasteiger charge is 2.08. The van der Waals surface area contributed by atoms with Crippen LogP contribution in [-0.4, -0.2) is 23.5 Å². The van der Waals surface area contributed by atoms with E-state index in [1.54, 1.807) is 7.11 Å². The van der Waals surface area contributed by atoms with Crippen molar-refractivity contribution in [1.82, 2.24) is 9.78 Å². The average Bonchev–Trinajstić information content (AvgIpc) is 2.79. The van der Waals surface area contributed by atoms with Crippen molar-refractivity contribution in [3.05, 3.63) is 36.7 Å². The molecule has 0 radical (unpaired) electrons. The molecule has 1 heterocycles. The highest BCUT2D eigenvalue weighted by molar-refractivity contribution is 5.75. The van der Waals surface area contributed by atoms with Crippen LogP contribution in [0.1, 0.15) is 13.0 Å². The van der Waals surface area contributed by atoms with Gasteiger partial charge in [-0.2, -0.15) is 5.10 Å². The van der Waals surface area contributed by atoms with E-state index in [1.807, 2.05) is 41.3 Å². The number of rotatable bonds is 4. The molecule has 1 aromatic heterocycles. The Hall–Kier alpha value is -1.81. The maximum absolute atomic E-state index is 5.93. The summed E-state index contributed by atoms with van der Waals surface area (Å²) < 4.78 is 7.01. The number of nitrogens with two attached hydrogens (primary N) is 1. The minimum absolute atomic E-state index is 0.221. The predicted molar refractivity (Wildman–Crippen MR) is 68.7 cm³/mol. The van der Waals surface area contributed by atoms with Gasteiger partial charge in [0.25, 0.3) is 0 Å². The van der Waals surface area contributed by atoms with Crippen molar-refractivity contribution in [3.8, 4) is 11.1 Å². The first kappa shape index (κ1) is 11.7. The van der Waals surface area contributed by atoms with Gasteiger partial charge in [-0.1, -0.05) is 18.2 Å². The summed E-state index contributed by atoms with van der Waals surface area (Å²) in [5.41, 5.74) is 8.76. The van der Waals surface area contributed by atoms with Crippen molar-refractivity contribution in [1.29, 1.82) is 0 Å². The predicted octanol–water partition coefficient (Wildman–Crippen LogP) is 2.34. The van der Waals surface area contributed by atoms with Gasteiger partial charge < -0.3 is 10.5 Å². The molecule has 1 atom stereocenters. The second-order valence-electron chi connectivity index (χ2n) is 4.10. The Balaban J connectivity index is 2.27. The maximum Gasteiger partial charge on any atom is 0.0724 e. The lowest BCUT2D eigenvalue weighted by atomic mass is 10.1. The third-order valence-corrected chi connectivity index (χ3v) is 2.73. The summed E-state index contributed by atoms with van der Waals surface area (Å²) in [6.07, 6.45) is 3.83. The molecule has 1 aromatic carbocycles. The Morgan fingerprint density at radius 2 is 2.18 bits per heavy atom. The first-order chi connectivity index (χ1) is 8.22. The third-order valence-electron chi connectivity index (χ3n) is 2.73. The first-order valence-corrected chi connectivity index (χ1v) is 5.60. The molecule has 2 aromatic rings. The number of benzene rings is 1. The van der Waals surface area contributed by atoms with Gasteiger partial charge in [0.1, 0.15) is 0 Å². The molecule has 0 fully saturated rings. The van der Waals surface area contributed by atoms with Crippen molar-refractivity contribution in [2.75, 3.05) is 19.5 Å². The molecule has 17 heavy (non-hydrogen) atoms. The second kappa shape index (κ2) is 5.01. The van der Waals surface area contributed by atoms with Gasteiger partial charge in [0.15, 0.2) is 0 Å². The van der Waals surface area contributed by atoms with Crippen LogP contribution < -0.4 is 5.73 Å². The molecule has 90 valence electrons. The van der Waals surface area contributed by atoms with Gasteiger partial charge >= 0.3 is 0 Å². The van der Waals surface area contributed by atoms with E-state index >= 15 is 0 Å². The topological polar surface area (TPSA) is 53.1 Å². The molecule has 4 heteroatoms. The number of nitrogens with zero attached hydrogens (tertiary/aromatic N) is 2. The number of methoxy groups -OCH3 is 1. The third kappa shape index (κ3) is 2.47. The Morgan fingerprint density at radius 3 is 2.88 bits per heavy atom. The molecule has 2 rings (SSSR count). The van der Waals surface area contributed by atoms with Crippen molar-refractivity contribution >= 4 is 5.69 Å².